The summed E-state index contributed by atoms with van der Waals surface area (Å²) in [6.07, 6.45) is 1.35. The third-order valence-corrected chi connectivity index (χ3v) is 5.06. The van der Waals surface area contributed by atoms with E-state index >= 15 is 0 Å². The van der Waals surface area contributed by atoms with Crippen LogP contribution in [0.5, 0.6) is 0 Å². The first kappa shape index (κ1) is 15.7. The molecule has 1 aromatic carbocycles. The number of thiazole rings is 1. The molecule has 0 unspecified atom stereocenters. The van der Waals surface area contributed by atoms with Crippen molar-refractivity contribution in [3.8, 4) is 10.6 Å². The van der Waals surface area contributed by atoms with Crippen LogP contribution in [0.3, 0.4) is 0 Å². The van der Waals surface area contributed by atoms with E-state index < -0.39 is 5.56 Å². The topological polar surface area (TPSA) is 47.8 Å². The van der Waals surface area contributed by atoms with Crippen molar-refractivity contribution in [2.75, 3.05) is 0 Å². The summed E-state index contributed by atoms with van der Waals surface area (Å²) in [5.41, 5.74) is 1.33. The standard InChI is InChI=1S/C14H8BrCl2N3OS/c15-9-3-1-2-8(4-9)13-19-10(7-22-13)6-20-14(21)12(17)11(16)5-18-20/h1-5,7H,6H2. The van der Waals surface area contributed by atoms with Crippen LogP contribution >= 0.6 is 50.5 Å². The second-order valence-electron chi connectivity index (χ2n) is 4.42. The average Bonchev–Trinajstić information content (AvgIpc) is 2.97. The van der Waals surface area contributed by atoms with E-state index in [2.05, 4.69) is 26.0 Å². The molecule has 0 N–H and O–H groups in total. The van der Waals surface area contributed by atoms with Crippen LogP contribution in [0.2, 0.25) is 10.0 Å². The zero-order valence-electron chi connectivity index (χ0n) is 11.0. The fourth-order valence-electron chi connectivity index (χ4n) is 1.84. The Hall–Kier alpha value is -1.21. The molecule has 0 bridgehead atoms. The third-order valence-electron chi connectivity index (χ3n) is 2.88. The van der Waals surface area contributed by atoms with E-state index in [0.717, 1.165) is 20.7 Å². The zero-order valence-corrected chi connectivity index (χ0v) is 14.9. The van der Waals surface area contributed by atoms with Crippen molar-refractivity contribution in [3.05, 3.63) is 66.4 Å². The SMILES string of the molecule is O=c1c(Cl)c(Cl)cnn1Cc1csc(-c2cccc(Br)c2)n1. The Labute approximate surface area is 148 Å². The largest absolute Gasteiger partial charge is 0.287 e. The molecule has 4 nitrogen and oxygen atoms in total. The summed E-state index contributed by atoms with van der Waals surface area (Å²) in [7, 11) is 0. The first-order valence-electron chi connectivity index (χ1n) is 6.16. The molecule has 0 aliphatic heterocycles. The first-order chi connectivity index (χ1) is 10.5. The highest BCUT2D eigenvalue weighted by Gasteiger charge is 2.10. The summed E-state index contributed by atoms with van der Waals surface area (Å²) in [4.78, 5) is 16.5. The van der Waals surface area contributed by atoms with Crippen molar-refractivity contribution in [3.63, 3.8) is 0 Å². The van der Waals surface area contributed by atoms with E-state index in [1.807, 2.05) is 29.6 Å². The van der Waals surface area contributed by atoms with Crippen LogP contribution < -0.4 is 5.56 Å². The molecule has 0 atom stereocenters. The fraction of sp³-hybridized carbons (Fsp3) is 0.0714. The van der Waals surface area contributed by atoms with E-state index in [1.165, 1.54) is 22.2 Å². The molecule has 0 aliphatic rings. The highest BCUT2D eigenvalue weighted by Crippen LogP contribution is 2.26. The van der Waals surface area contributed by atoms with Gasteiger partial charge in [0.25, 0.3) is 5.56 Å². The minimum Gasteiger partial charge on any atom is -0.266 e. The lowest BCUT2D eigenvalue weighted by Crippen LogP contribution is -2.23. The summed E-state index contributed by atoms with van der Waals surface area (Å²) in [5.74, 6) is 0. The maximum atomic E-state index is 12.0. The predicted molar refractivity (Wildman–Crippen MR) is 92.9 cm³/mol. The molecule has 0 fully saturated rings. The van der Waals surface area contributed by atoms with E-state index in [0.29, 0.717) is 0 Å². The highest BCUT2D eigenvalue weighted by atomic mass is 79.9. The van der Waals surface area contributed by atoms with Crippen LogP contribution in [0.15, 0.2) is 45.1 Å². The third kappa shape index (κ3) is 3.25. The monoisotopic (exact) mass is 415 g/mol. The van der Waals surface area contributed by atoms with Crippen LogP contribution in [0.25, 0.3) is 10.6 Å². The van der Waals surface area contributed by atoms with Gasteiger partial charge in [0.05, 0.1) is 23.5 Å². The van der Waals surface area contributed by atoms with Gasteiger partial charge < -0.3 is 0 Å². The number of hydrogen-bond donors (Lipinski definition) is 0. The van der Waals surface area contributed by atoms with Gasteiger partial charge >= 0.3 is 0 Å². The van der Waals surface area contributed by atoms with Gasteiger partial charge in [-0.1, -0.05) is 51.3 Å². The number of hydrogen-bond acceptors (Lipinski definition) is 4. The molecule has 0 radical (unpaired) electrons. The molecule has 2 aromatic heterocycles. The molecule has 3 rings (SSSR count). The Morgan fingerprint density at radius 2 is 2.14 bits per heavy atom. The number of rotatable bonds is 3. The van der Waals surface area contributed by atoms with E-state index in [9.17, 15) is 4.79 Å². The van der Waals surface area contributed by atoms with Crippen LogP contribution in [0, 0.1) is 0 Å². The van der Waals surface area contributed by atoms with Gasteiger partial charge in [-0.15, -0.1) is 11.3 Å². The van der Waals surface area contributed by atoms with Crippen LogP contribution in [0.4, 0.5) is 0 Å². The number of benzene rings is 1. The number of aromatic nitrogens is 3. The molecule has 22 heavy (non-hydrogen) atoms. The van der Waals surface area contributed by atoms with Crippen LogP contribution in [-0.2, 0) is 6.54 Å². The van der Waals surface area contributed by atoms with E-state index in [1.54, 1.807) is 0 Å². The molecular weight excluding hydrogens is 409 g/mol. The Bertz CT molecular complexity index is 894. The lowest BCUT2D eigenvalue weighted by atomic mass is 10.2. The van der Waals surface area contributed by atoms with Crippen molar-refractivity contribution in [2.24, 2.45) is 0 Å². The van der Waals surface area contributed by atoms with Crippen molar-refractivity contribution < 1.29 is 0 Å². The van der Waals surface area contributed by atoms with Gasteiger partial charge in [0, 0.05) is 15.4 Å². The van der Waals surface area contributed by atoms with Crippen molar-refractivity contribution in [1.82, 2.24) is 14.8 Å². The lowest BCUT2D eigenvalue weighted by Gasteiger charge is -2.03. The Morgan fingerprint density at radius 1 is 1.32 bits per heavy atom. The van der Waals surface area contributed by atoms with Gasteiger partial charge in [-0.3, -0.25) is 4.79 Å². The fourth-order valence-corrected chi connectivity index (χ4v) is 3.32. The smallest absolute Gasteiger partial charge is 0.266 e. The average molecular weight is 417 g/mol. The lowest BCUT2D eigenvalue weighted by molar-refractivity contribution is 0.631. The Balaban J connectivity index is 1.89. The maximum Gasteiger partial charge on any atom is 0.287 e. The van der Waals surface area contributed by atoms with Crippen molar-refractivity contribution in [2.45, 2.75) is 6.54 Å². The van der Waals surface area contributed by atoms with Crippen molar-refractivity contribution in [1.29, 1.82) is 0 Å². The summed E-state index contributed by atoms with van der Waals surface area (Å²) < 4.78 is 2.23. The van der Waals surface area contributed by atoms with E-state index in [-0.39, 0.29) is 16.6 Å². The molecular formula is C14H8BrCl2N3OS. The van der Waals surface area contributed by atoms with Crippen molar-refractivity contribution >= 4 is 50.5 Å². The Kier molecular flexibility index (Phi) is 4.63. The molecule has 3 aromatic rings. The van der Waals surface area contributed by atoms with Gasteiger partial charge in [-0.2, -0.15) is 5.10 Å². The molecule has 0 amide bonds. The first-order valence-corrected chi connectivity index (χ1v) is 8.59. The summed E-state index contributed by atoms with van der Waals surface area (Å²) in [5, 5.41) is 6.87. The van der Waals surface area contributed by atoms with Gasteiger partial charge in [0.1, 0.15) is 10.0 Å². The summed E-state index contributed by atoms with van der Waals surface area (Å²) >= 11 is 16.5. The molecule has 0 saturated heterocycles. The van der Waals surface area contributed by atoms with Gasteiger partial charge in [0.15, 0.2) is 0 Å². The molecule has 112 valence electrons. The normalized spacial score (nSPS) is 10.9. The second-order valence-corrected chi connectivity index (χ2v) is 6.98. The minimum atomic E-state index is -0.425. The minimum absolute atomic E-state index is 0.0286. The molecule has 0 saturated carbocycles. The van der Waals surface area contributed by atoms with E-state index in [4.69, 9.17) is 23.2 Å². The zero-order chi connectivity index (χ0) is 15.7. The predicted octanol–water partition coefficient (Wildman–Crippen LogP) is 4.48. The van der Waals surface area contributed by atoms with Gasteiger partial charge in [-0.25, -0.2) is 9.67 Å². The van der Waals surface area contributed by atoms with Gasteiger partial charge in [0.2, 0.25) is 0 Å². The molecule has 0 spiro atoms. The van der Waals surface area contributed by atoms with Crippen LogP contribution in [-0.4, -0.2) is 14.8 Å². The molecule has 8 heteroatoms. The highest BCUT2D eigenvalue weighted by molar-refractivity contribution is 9.10. The number of nitrogens with zero attached hydrogens (tertiary/aromatic N) is 3. The maximum absolute atomic E-state index is 12.0. The summed E-state index contributed by atoms with van der Waals surface area (Å²) in [6.45, 7) is 0.250. The van der Waals surface area contributed by atoms with Gasteiger partial charge in [-0.05, 0) is 12.1 Å². The quantitative estimate of drug-likeness (QED) is 0.632. The summed E-state index contributed by atoms with van der Waals surface area (Å²) in [6, 6.07) is 7.88. The molecule has 2 heterocycles. The Morgan fingerprint density at radius 3 is 2.91 bits per heavy atom. The number of halogens is 3. The molecule has 0 aliphatic carbocycles. The second kappa shape index (κ2) is 6.50. The van der Waals surface area contributed by atoms with Crippen LogP contribution in [0.1, 0.15) is 5.69 Å².